The maximum absolute atomic E-state index is 11.9. The van der Waals surface area contributed by atoms with E-state index in [4.69, 9.17) is 4.74 Å². The Morgan fingerprint density at radius 3 is 2.88 bits per heavy atom. The number of benzene rings is 1. The van der Waals surface area contributed by atoms with Crippen molar-refractivity contribution in [2.24, 2.45) is 0 Å². The Hall–Kier alpha value is -3.06. The van der Waals surface area contributed by atoms with Gasteiger partial charge in [-0.2, -0.15) is 0 Å². The van der Waals surface area contributed by atoms with Crippen molar-refractivity contribution in [1.82, 2.24) is 15.0 Å². The molecule has 0 amide bonds. The fourth-order valence-electron chi connectivity index (χ4n) is 2.54. The van der Waals surface area contributed by atoms with Gasteiger partial charge < -0.3 is 9.84 Å². The Kier molecular flexibility index (Phi) is 3.77. The molecule has 1 N–H and O–H groups in total. The molecule has 4 rings (SSSR count). The molecule has 0 saturated heterocycles. The molecule has 4 aromatic rings. The van der Waals surface area contributed by atoms with E-state index in [0.29, 0.717) is 15.2 Å². The zero-order chi connectivity index (χ0) is 17.4. The van der Waals surface area contributed by atoms with Gasteiger partial charge in [0, 0.05) is 17.1 Å². The van der Waals surface area contributed by atoms with E-state index in [2.05, 4.69) is 15.0 Å². The predicted molar refractivity (Wildman–Crippen MR) is 95.8 cm³/mol. The maximum atomic E-state index is 11.9. The van der Waals surface area contributed by atoms with Crippen LogP contribution in [0.4, 0.5) is 0 Å². The lowest BCUT2D eigenvalue weighted by Crippen LogP contribution is -2.07. The first-order valence-electron chi connectivity index (χ1n) is 7.68. The van der Waals surface area contributed by atoms with Crippen LogP contribution in [0.2, 0.25) is 0 Å². The average molecular weight is 351 g/mol. The molecule has 7 heteroatoms. The number of carbonyl (C=O) groups is 1. The van der Waals surface area contributed by atoms with Gasteiger partial charge in [-0.25, -0.2) is 14.8 Å². The summed E-state index contributed by atoms with van der Waals surface area (Å²) in [6, 6.07) is 9.81. The summed E-state index contributed by atoms with van der Waals surface area (Å²) in [6.07, 6.45) is 3.21. The SMILES string of the molecule is CCOC(=O)c1ncc2nc(-c3cnc4ccccc4c3)sc2c1O. The van der Waals surface area contributed by atoms with E-state index in [-0.39, 0.29) is 18.1 Å². The van der Waals surface area contributed by atoms with Crippen molar-refractivity contribution < 1.29 is 14.6 Å². The molecule has 0 radical (unpaired) electrons. The quantitative estimate of drug-likeness (QED) is 0.565. The molecule has 0 fully saturated rings. The highest BCUT2D eigenvalue weighted by atomic mass is 32.1. The Morgan fingerprint density at radius 2 is 2.04 bits per heavy atom. The second kappa shape index (κ2) is 6.10. The van der Waals surface area contributed by atoms with Crippen LogP contribution in [0.15, 0.2) is 42.7 Å². The molecule has 6 nitrogen and oxygen atoms in total. The van der Waals surface area contributed by atoms with Gasteiger partial charge in [-0.15, -0.1) is 11.3 Å². The minimum atomic E-state index is -0.649. The molecule has 0 aliphatic carbocycles. The summed E-state index contributed by atoms with van der Waals surface area (Å²) in [5, 5.41) is 12.1. The van der Waals surface area contributed by atoms with E-state index in [9.17, 15) is 9.90 Å². The number of ether oxygens (including phenoxy) is 1. The lowest BCUT2D eigenvalue weighted by molar-refractivity contribution is 0.0516. The smallest absolute Gasteiger partial charge is 0.360 e. The largest absolute Gasteiger partial charge is 0.504 e. The van der Waals surface area contributed by atoms with Crippen LogP contribution in [0.25, 0.3) is 31.7 Å². The summed E-state index contributed by atoms with van der Waals surface area (Å²) in [6.45, 7) is 1.92. The molecule has 0 unspecified atom stereocenters. The summed E-state index contributed by atoms with van der Waals surface area (Å²) in [7, 11) is 0. The molecule has 124 valence electrons. The van der Waals surface area contributed by atoms with Crippen molar-refractivity contribution in [2.75, 3.05) is 6.61 Å². The summed E-state index contributed by atoms with van der Waals surface area (Å²) >= 11 is 1.29. The zero-order valence-corrected chi connectivity index (χ0v) is 14.1. The van der Waals surface area contributed by atoms with Crippen LogP contribution >= 0.6 is 11.3 Å². The first-order valence-corrected chi connectivity index (χ1v) is 8.50. The first kappa shape index (κ1) is 15.5. The highest BCUT2D eigenvalue weighted by Gasteiger charge is 2.20. The third kappa shape index (κ3) is 2.68. The summed E-state index contributed by atoms with van der Waals surface area (Å²) in [4.78, 5) is 24.8. The van der Waals surface area contributed by atoms with Crippen LogP contribution in [-0.4, -0.2) is 32.6 Å². The number of aromatic nitrogens is 3. The Labute approximate surface area is 146 Å². The van der Waals surface area contributed by atoms with Crippen LogP contribution in [0, 0.1) is 0 Å². The van der Waals surface area contributed by atoms with Gasteiger partial charge in [0.1, 0.15) is 15.2 Å². The number of rotatable bonds is 3. The summed E-state index contributed by atoms with van der Waals surface area (Å²) < 4.78 is 5.41. The van der Waals surface area contributed by atoms with E-state index in [0.717, 1.165) is 16.5 Å². The van der Waals surface area contributed by atoms with Gasteiger partial charge in [0.05, 0.1) is 18.3 Å². The molecule has 0 aliphatic heterocycles. The van der Waals surface area contributed by atoms with Crippen molar-refractivity contribution in [3.8, 4) is 16.3 Å². The van der Waals surface area contributed by atoms with Gasteiger partial charge in [-0.05, 0) is 19.1 Å². The Balaban J connectivity index is 1.82. The zero-order valence-electron chi connectivity index (χ0n) is 13.3. The van der Waals surface area contributed by atoms with Gasteiger partial charge in [0.15, 0.2) is 11.4 Å². The van der Waals surface area contributed by atoms with Crippen molar-refractivity contribution in [1.29, 1.82) is 0 Å². The van der Waals surface area contributed by atoms with Crippen LogP contribution in [-0.2, 0) is 4.74 Å². The molecule has 0 aliphatic rings. The van der Waals surface area contributed by atoms with E-state index in [1.54, 1.807) is 13.1 Å². The fourth-order valence-corrected chi connectivity index (χ4v) is 3.51. The molecule has 1 aromatic carbocycles. The van der Waals surface area contributed by atoms with Crippen LogP contribution < -0.4 is 0 Å². The second-order valence-electron chi connectivity index (χ2n) is 5.33. The highest BCUT2D eigenvalue weighted by Crippen LogP contribution is 2.37. The van der Waals surface area contributed by atoms with E-state index in [1.807, 2.05) is 30.3 Å². The van der Waals surface area contributed by atoms with E-state index >= 15 is 0 Å². The van der Waals surface area contributed by atoms with Gasteiger partial charge in [0.2, 0.25) is 0 Å². The van der Waals surface area contributed by atoms with Crippen LogP contribution in [0.5, 0.6) is 5.75 Å². The molecule has 0 saturated carbocycles. The molecule has 0 atom stereocenters. The molecule has 0 spiro atoms. The van der Waals surface area contributed by atoms with E-state index < -0.39 is 5.97 Å². The van der Waals surface area contributed by atoms with Gasteiger partial charge >= 0.3 is 5.97 Å². The summed E-state index contributed by atoms with van der Waals surface area (Å²) in [5.41, 5.74) is 2.18. The number of esters is 1. The fraction of sp³-hybridized carbons (Fsp3) is 0.111. The lowest BCUT2D eigenvalue weighted by Gasteiger charge is -2.02. The number of pyridine rings is 2. The number of hydrogen-bond donors (Lipinski definition) is 1. The number of para-hydroxylation sites is 1. The highest BCUT2D eigenvalue weighted by molar-refractivity contribution is 7.22. The second-order valence-corrected chi connectivity index (χ2v) is 6.33. The molecule has 3 aromatic heterocycles. The first-order chi connectivity index (χ1) is 12.2. The molecule has 25 heavy (non-hydrogen) atoms. The van der Waals surface area contributed by atoms with Gasteiger partial charge in [0.25, 0.3) is 0 Å². The Bertz CT molecular complexity index is 1110. The standard InChI is InChI=1S/C18H13N3O3S/c1-2-24-18(23)14-15(22)16-13(9-20-14)21-17(25-16)11-7-10-5-3-4-6-12(10)19-8-11/h3-9,22H,2H2,1H3. The van der Waals surface area contributed by atoms with Crippen molar-refractivity contribution >= 4 is 38.4 Å². The molecule has 3 heterocycles. The number of hydrogen-bond acceptors (Lipinski definition) is 7. The lowest BCUT2D eigenvalue weighted by atomic mass is 10.2. The van der Waals surface area contributed by atoms with Crippen LogP contribution in [0.1, 0.15) is 17.4 Å². The third-order valence-corrected chi connectivity index (χ3v) is 4.84. The number of carbonyl (C=O) groups excluding carboxylic acids is 1. The van der Waals surface area contributed by atoms with Gasteiger partial charge in [-0.3, -0.25) is 4.98 Å². The molecular formula is C18H13N3O3S. The normalized spacial score (nSPS) is 11.1. The van der Waals surface area contributed by atoms with Crippen molar-refractivity contribution in [3.63, 3.8) is 0 Å². The number of nitrogens with zero attached hydrogens (tertiary/aromatic N) is 3. The molecule has 0 bridgehead atoms. The number of fused-ring (bicyclic) bond motifs is 2. The monoisotopic (exact) mass is 351 g/mol. The minimum absolute atomic E-state index is 0.0961. The van der Waals surface area contributed by atoms with Crippen molar-refractivity contribution in [3.05, 3.63) is 48.4 Å². The Morgan fingerprint density at radius 1 is 1.20 bits per heavy atom. The van der Waals surface area contributed by atoms with Gasteiger partial charge in [-0.1, -0.05) is 18.2 Å². The summed E-state index contributed by atoms with van der Waals surface area (Å²) in [5.74, 6) is -0.849. The average Bonchev–Trinajstić information content (AvgIpc) is 3.07. The number of aromatic hydroxyl groups is 1. The van der Waals surface area contributed by atoms with E-state index in [1.165, 1.54) is 17.5 Å². The minimum Gasteiger partial charge on any atom is -0.504 e. The van der Waals surface area contributed by atoms with Crippen LogP contribution in [0.3, 0.4) is 0 Å². The number of thiazole rings is 1. The third-order valence-electron chi connectivity index (χ3n) is 3.71. The van der Waals surface area contributed by atoms with Crippen molar-refractivity contribution in [2.45, 2.75) is 6.92 Å². The predicted octanol–water partition coefficient (Wildman–Crippen LogP) is 3.79. The molecular weight excluding hydrogens is 338 g/mol. The maximum Gasteiger partial charge on any atom is 0.360 e. The topological polar surface area (TPSA) is 85.2 Å².